The van der Waals surface area contributed by atoms with E-state index >= 15 is 0 Å². The first-order chi connectivity index (χ1) is 9.02. The van der Waals surface area contributed by atoms with E-state index in [4.69, 9.17) is 5.73 Å². The molecule has 106 valence electrons. The molecule has 19 heavy (non-hydrogen) atoms. The normalized spacial score (nSPS) is 23.3. The number of anilines is 1. The molecule has 1 aliphatic rings. The van der Waals surface area contributed by atoms with Gasteiger partial charge in [-0.3, -0.25) is 4.79 Å². The molecule has 0 radical (unpaired) electrons. The minimum absolute atomic E-state index is 0.0146. The van der Waals surface area contributed by atoms with Crippen molar-refractivity contribution in [2.45, 2.75) is 39.8 Å². The Kier molecular flexibility index (Phi) is 4.24. The van der Waals surface area contributed by atoms with Gasteiger partial charge in [-0.25, -0.2) is 4.98 Å². The number of hydrogen-bond donors (Lipinski definition) is 1. The second-order valence-corrected chi connectivity index (χ2v) is 5.94. The summed E-state index contributed by atoms with van der Waals surface area (Å²) in [5.74, 6) is 1.49. The van der Waals surface area contributed by atoms with Crippen LogP contribution < -0.4 is 16.2 Å². The van der Waals surface area contributed by atoms with Crippen molar-refractivity contribution < 1.29 is 0 Å². The maximum Gasteiger partial charge on any atom is 0.293 e. The molecule has 5 nitrogen and oxygen atoms in total. The summed E-state index contributed by atoms with van der Waals surface area (Å²) in [6.45, 7) is 8.60. The molecule has 0 aliphatic carbocycles. The lowest BCUT2D eigenvalue weighted by atomic mass is 10.1. The van der Waals surface area contributed by atoms with Crippen LogP contribution >= 0.6 is 0 Å². The van der Waals surface area contributed by atoms with Crippen molar-refractivity contribution in [3.8, 4) is 0 Å². The van der Waals surface area contributed by atoms with E-state index in [9.17, 15) is 4.79 Å². The van der Waals surface area contributed by atoms with Crippen molar-refractivity contribution in [3.05, 3.63) is 22.7 Å². The van der Waals surface area contributed by atoms with Crippen LogP contribution in [0.5, 0.6) is 0 Å². The topological polar surface area (TPSA) is 64.2 Å². The molecule has 2 heterocycles. The van der Waals surface area contributed by atoms with E-state index in [0.29, 0.717) is 30.2 Å². The second-order valence-electron chi connectivity index (χ2n) is 5.94. The van der Waals surface area contributed by atoms with Gasteiger partial charge in [-0.1, -0.05) is 13.8 Å². The smallest absolute Gasteiger partial charge is 0.293 e. The zero-order valence-corrected chi connectivity index (χ0v) is 12.0. The number of aromatic nitrogens is 2. The van der Waals surface area contributed by atoms with Crippen LogP contribution in [0.1, 0.15) is 27.2 Å². The van der Waals surface area contributed by atoms with Gasteiger partial charge in [0.2, 0.25) is 0 Å². The van der Waals surface area contributed by atoms with Crippen LogP contribution in [0.25, 0.3) is 0 Å². The fourth-order valence-electron chi connectivity index (χ4n) is 2.78. The molecule has 2 rings (SSSR count). The minimum atomic E-state index is 0.0146. The van der Waals surface area contributed by atoms with E-state index in [-0.39, 0.29) is 5.56 Å². The first-order valence-electron chi connectivity index (χ1n) is 7.05. The quantitative estimate of drug-likeness (QED) is 0.883. The fraction of sp³-hybridized carbons (Fsp3) is 0.714. The lowest BCUT2D eigenvalue weighted by Crippen LogP contribution is -2.36. The zero-order valence-electron chi connectivity index (χ0n) is 12.0. The summed E-state index contributed by atoms with van der Waals surface area (Å²) in [4.78, 5) is 18.9. The van der Waals surface area contributed by atoms with Crippen LogP contribution in [-0.4, -0.2) is 28.7 Å². The van der Waals surface area contributed by atoms with Gasteiger partial charge in [-0.05, 0) is 31.7 Å². The van der Waals surface area contributed by atoms with Crippen molar-refractivity contribution in [1.29, 1.82) is 0 Å². The summed E-state index contributed by atoms with van der Waals surface area (Å²) in [5.41, 5.74) is 5.75. The number of nitrogens with two attached hydrogens (primary N) is 1. The van der Waals surface area contributed by atoms with E-state index in [1.165, 1.54) is 0 Å². The highest BCUT2D eigenvalue weighted by molar-refractivity contribution is 5.39. The van der Waals surface area contributed by atoms with Crippen LogP contribution in [0.15, 0.2) is 17.2 Å². The lowest BCUT2D eigenvalue weighted by Gasteiger charge is -2.22. The van der Waals surface area contributed by atoms with Gasteiger partial charge in [0.25, 0.3) is 5.56 Å². The minimum Gasteiger partial charge on any atom is -0.349 e. The first kappa shape index (κ1) is 14.1. The van der Waals surface area contributed by atoms with E-state index < -0.39 is 0 Å². The van der Waals surface area contributed by atoms with Crippen molar-refractivity contribution in [2.24, 2.45) is 17.6 Å². The Morgan fingerprint density at radius 1 is 1.53 bits per heavy atom. The van der Waals surface area contributed by atoms with Gasteiger partial charge >= 0.3 is 0 Å². The summed E-state index contributed by atoms with van der Waals surface area (Å²) >= 11 is 0. The van der Waals surface area contributed by atoms with Crippen molar-refractivity contribution in [1.82, 2.24) is 9.55 Å². The number of nitrogens with zero attached hydrogens (tertiary/aromatic N) is 3. The highest BCUT2D eigenvalue weighted by atomic mass is 16.1. The summed E-state index contributed by atoms with van der Waals surface area (Å²) in [6.07, 6.45) is 4.53. The van der Waals surface area contributed by atoms with Gasteiger partial charge in [-0.15, -0.1) is 0 Å². The third-order valence-electron chi connectivity index (χ3n) is 3.72. The molecule has 1 fully saturated rings. The van der Waals surface area contributed by atoms with Crippen molar-refractivity contribution in [2.75, 3.05) is 18.0 Å². The van der Waals surface area contributed by atoms with Gasteiger partial charge in [0, 0.05) is 31.5 Å². The summed E-state index contributed by atoms with van der Waals surface area (Å²) in [6, 6.07) is 0.337. The Hall–Kier alpha value is -1.36. The third kappa shape index (κ3) is 2.97. The molecule has 0 saturated carbocycles. The van der Waals surface area contributed by atoms with Crippen molar-refractivity contribution in [3.63, 3.8) is 0 Å². The molecule has 1 saturated heterocycles. The molecule has 1 aromatic rings. The SMILES string of the molecule is CC(C)Cn1ccnc(N2CC(CN)CC2C)c1=O. The van der Waals surface area contributed by atoms with Gasteiger partial charge in [-0.2, -0.15) is 0 Å². The van der Waals surface area contributed by atoms with Crippen molar-refractivity contribution >= 4 is 5.82 Å². The average Bonchev–Trinajstić information content (AvgIpc) is 2.73. The standard InChI is InChI=1S/C14H24N4O/c1-10(2)8-17-5-4-16-13(14(17)19)18-9-12(7-15)6-11(18)3/h4-5,10-12H,6-9,15H2,1-3H3. The van der Waals surface area contributed by atoms with E-state index in [2.05, 4.69) is 30.7 Å². The third-order valence-corrected chi connectivity index (χ3v) is 3.72. The van der Waals surface area contributed by atoms with Crippen LogP contribution in [0.4, 0.5) is 5.82 Å². The second kappa shape index (κ2) is 5.74. The largest absolute Gasteiger partial charge is 0.349 e. The lowest BCUT2D eigenvalue weighted by molar-refractivity contribution is 0.507. The predicted octanol–water partition coefficient (Wildman–Crippen LogP) is 1.07. The first-order valence-corrected chi connectivity index (χ1v) is 7.05. The Balaban J connectivity index is 2.28. The predicted molar refractivity (Wildman–Crippen MR) is 77.3 cm³/mol. The van der Waals surface area contributed by atoms with E-state index in [0.717, 1.165) is 19.5 Å². The maximum atomic E-state index is 12.5. The molecule has 0 spiro atoms. The maximum absolute atomic E-state index is 12.5. The van der Waals surface area contributed by atoms with Crippen LogP contribution in [0.2, 0.25) is 0 Å². The van der Waals surface area contributed by atoms with Crippen LogP contribution in [0, 0.1) is 11.8 Å². The Labute approximate surface area is 114 Å². The average molecular weight is 264 g/mol. The molecule has 2 N–H and O–H groups in total. The summed E-state index contributed by atoms with van der Waals surface area (Å²) in [7, 11) is 0. The molecule has 1 aromatic heterocycles. The van der Waals surface area contributed by atoms with Gasteiger partial charge in [0.05, 0.1) is 0 Å². The fourth-order valence-corrected chi connectivity index (χ4v) is 2.78. The van der Waals surface area contributed by atoms with E-state index in [1.54, 1.807) is 17.0 Å². The van der Waals surface area contributed by atoms with Gasteiger partial charge in [0.1, 0.15) is 0 Å². The highest BCUT2D eigenvalue weighted by Crippen LogP contribution is 2.24. The molecule has 2 unspecified atom stereocenters. The zero-order chi connectivity index (χ0) is 14.0. The molecule has 0 bridgehead atoms. The monoisotopic (exact) mass is 264 g/mol. The molecule has 1 aliphatic heterocycles. The van der Waals surface area contributed by atoms with Crippen LogP contribution in [0.3, 0.4) is 0 Å². The van der Waals surface area contributed by atoms with Gasteiger partial charge < -0.3 is 15.2 Å². The highest BCUT2D eigenvalue weighted by Gasteiger charge is 2.30. The molecule has 2 atom stereocenters. The number of hydrogen-bond acceptors (Lipinski definition) is 4. The Morgan fingerprint density at radius 2 is 2.26 bits per heavy atom. The summed E-state index contributed by atoms with van der Waals surface area (Å²) in [5, 5.41) is 0. The summed E-state index contributed by atoms with van der Waals surface area (Å²) < 4.78 is 1.76. The molecule has 0 aromatic carbocycles. The molecular formula is C14H24N4O. The molecule has 5 heteroatoms. The van der Waals surface area contributed by atoms with E-state index in [1.807, 2.05) is 0 Å². The molecule has 0 amide bonds. The Morgan fingerprint density at radius 3 is 2.84 bits per heavy atom. The number of rotatable bonds is 4. The Bertz CT molecular complexity index is 483. The van der Waals surface area contributed by atoms with Crippen LogP contribution in [-0.2, 0) is 6.54 Å². The van der Waals surface area contributed by atoms with Gasteiger partial charge in [0.15, 0.2) is 5.82 Å². The molecular weight excluding hydrogens is 240 g/mol.